The van der Waals surface area contributed by atoms with Crippen molar-refractivity contribution in [2.45, 2.75) is 25.7 Å². The van der Waals surface area contributed by atoms with Crippen molar-refractivity contribution in [3.63, 3.8) is 0 Å². The average Bonchev–Trinajstić information content (AvgIpc) is 3.42. The number of rotatable bonds is 13. The molecule has 4 heteroatoms. The van der Waals surface area contributed by atoms with Gasteiger partial charge in [0.15, 0.2) is 0 Å². The van der Waals surface area contributed by atoms with Crippen LogP contribution in [-0.4, -0.2) is 19.9 Å². The van der Waals surface area contributed by atoms with Crippen LogP contribution in [-0.2, 0) is 25.7 Å². The summed E-state index contributed by atoms with van der Waals surface area (Å²) >= 11 is 0. The number of fused-ring (bicyclic) bond motifs is 1. The molecular formula is C64H48N4. The Morgan fingerprint density at radius 2 is 0.721 bits per heavy atom. The van der Waals surface area contributed by atoms with Crippen LogP contribution >= 0.6 is 0 Å². The Hall–Kier alpha value is -8.60. The number of hydrogen-bond donors (Lipinski definition) is 0. The maximum Gasteiger partial charge on any atom is 0.0892 e. The summed E-state index contributed by atoms with van der Waals surface area (Å²) in [6.07, 6.45) is 11.4. The maximum absolute atomic E-state index is 5.16. The molecule has 4 nitrogen and oxygen atoms in total. The van der Waals surface area contributed by atoms with Crippen LogP contribution in [0.4, 0.5) is 0 Å². The fourth-order valence-electron chi connectivity index (χ4n) is 9.25. The van der Waals surface area contributed by atoms with Gasteiger partial charge in [-0.1, -0.05) is 182 Å². The van der Waals surface area contributed by atoms with Crippen molar-refractivity contribution in [3.8, 4) is 78.4 Å². The quantitative estimate of drug-likeness (QED) is 0.116. The molecule has 0 aliphatic heterocycles. The number of nitrogens with zero attached hydrogens (tertiary/aromatic N) is 4. The third-order valence-corrected chi connectivity index (χ3v) is 12.9. The molecule has 4 aromatic heterocycles. The largest absolute Gasteiger partial charge is 0.256 e. The molecule has 0 radical (unpaired) electrons. The van der Waals surface area contributed by atoms with Gasteiger partial charge in [-0.2, -0.15) is 0 Å². The lowest BCUT2D eigenvalue weighted by atomic mass is 9.87. The van der Waals surface area contributed by atoms with E-state index in [1.165, 1.54) is 44.5 Å². The lowest BCUT2D eigenvalue weighted by molar-refractivity contribution is 0.931. The second-order valence-electron chi connectivity index (χ2n) is 17.4. The van der Waals surface area contributed by atoms with Crippen LogP contribution in [0.5, 0.6) is 0 Å². The zero-order valence-electron chi connectivity index (χ0n) is 37.7. The van der Waals surface area contributed by atoms with E-state index < -0.39 is 0 Å². The molecule has 0 atom stereocenters. The van der Waals surface area contributed by atoms with Gasteiger partial charge in [0.2, 0.25) is 0 Å². The van der Waals surface area contributed by atoms with Crippen molar-refractivity contribution in [2.75, 3.05) is 0 Å². The molecule has 0 spiro atoms. The molecule has 11 aromatic rings. The summed E-state index contributed by atoms with van der Waals surface area (Å²) in [6, 6.07) is 78.1. The van der Waals surface area contributed by atoms with Crippen LogP contribution in [0.15, 0.2) is 243 Å². The van der Waals surface area contributed by atoms with Crippen LogP contribution in [0.25, 0.3) is 89.2 Å². The van der Waals surface area contributed by atoms with Gasteiger partial charge in [0.05, 0.1) is 22.8 Å². The third kappa shape index (κ3) is 9.40. The smallest absolute Gasteiger partial charge is 0.0892 e. The number of aromatic nitrogens is 4. The van der Waals surface area contributed by atoms with E-state index in [1.807, 2.05) is 42.9 Å². The van der Waals surface area contributed by atoms with Gasteiger partial charge < -0.3 is 0 Å². The van der Waals surface area contributed by atoms with Gasteiger partial charge in [0.1, 0.15) is 0 Å². The second kappa shape index (κ2) is 19.5. The van der Waals surface area contributed by atoms with Crippen molar-refractivity contribution in [3.05, 3.63) is 265 Å². The van der Waals surface area contributed by atoms with Crippen molar-refractivity contribution >= 4 is 10.8 Å². The molecule has 0 saturated carbocycles. The zero-order chi connectivity index (χ0) is 45.5. The maximum atomic E-state index is 5.16. The van der Waals surface area contributed by atoms with E-state index in [1.54, 1.807) is 0 Å². The minimum Gasteiger partial charge on any atom is -0.256 e. The molecule has 7 aromatic carbocycles. The average molecular weight is 873 g/mol. The Bertz CT molecular complexity index is 3360. The third-order valence-electron chi connectivity index (χ3n) is 12.9. The van der Waals surface area contributed by atoms with Gasteiger partial charge in [0.25, 0.3) is 0 Å². The summed E-state index contributed by atoms with van der Waals surface area (Å²) in [6.45, 7) is 0. The van der Waals surface area contributed by atoms with E-state index in [2.05, 4.69) is 210 Å². The number of hydrogen-bond acceptors (Lipinski definition) is 4. The highest BCUT2D eigenvalue weighted by Crippen LogP contribution is 2.41. The van der Waals surface area contributed by atoms with E-state index >= 15 is 0 Å². The summed E-state index contributed by atoms with van der Waals surface area (Å²) in [5.41, 5.74) is 20.4. The highest BCUT2D eigenvalue weighted by atomic mass is 14.8. The van der Waals surface area contributed by atoms with Crippen molar-refractivity contribution in [1.29, 1.82) is 0 Å². The SMILES string of the molecule is c1ccc(-c2ccc(-c3cc(-c4cc5ccccc5cn4)ncc3-c3ccccc3-c3cc(CCc4ccc(-c5ccccn5)cc4)cc(CCc4ccc(-c5ccccn5)cc4)c3)cc2)cc1. The molecule has 324 valence electrons. The van der Waals surface area contributed by atoms with Gasteiger partial charge in [-0.05, 0) is 129 Å². The first-order valence-electron chi connectivity index (χ1n) is 23.4. The van der Waals surface area contributed by atoms with Crippen LogP contribution in [0.3, 0.4) is 0 Å². The number of benzene rings is 7. The minimum absolute atomic E-state index is 0.838. The molecule has 0 saturated heterocycles. The first-order chi connectivity index (χ1) is 33.7. The van der Waals surface area contributed by atoms with E-state index in [0.29, 0.717) is 0 Å². The van der Waals surface area contributed by atoms with Crippen LogP contribution in [0, 0.1) is 0 Å². The van der Waals surface area contributed by atoms with E-state index in [4.69, 9.17) is 9.97 Å². The van der Waals surface area contributed by atoms with Crippen LogP contribution in [0.2, 0.25) is 0 Å². The molecule has 0 unspecified atom stereocenters. The molecule has 68 heavy (non-hydrogen) atoms. The Morgan fingerprint density at radius 1 is 0.235 bits per heavy atom. The number of pyridine rings is 4. The first kappa shape index (κ1) is 42.1. The first-order valence-corrected chi connectivity index (χ1v) is 23.4. The molecule has 4 heterocycles. The fraction of sp³-hybridized carbons (Fsp3) is 0.0625. The van der Waals surface area contributed by atoms with Gasteiger partial charge in [-0.15, -0.1) is 0 Å². The lowest BCUT2D eigenvalue weighted by Gasteiger charge is -2.18. The van der Waals surface area contributed by atoms with Crippen molar-refractivity contribution in [2.24, 2.45) is 0 Å². The summed E-state index contributed by atoms with van der Waals surface area (Å²) < 4.78 is 0. The summed E-state index contributed by atoms with van der Waals surface area (Å²) in [5, 5.41) is 2.25. The Morgan fingerprint density at radius 3 is 1.34 bits per heavy atom. The van der Waals surface area contributed by atoms with Crippen molar-refractivity contribution < 1.29 is 0 Å². The predicted molar refractivity (Wildman–Crippen MR) is 281 cm³/mol. The van der Waals surface area contributed by atoms with Gasteiger partial charge >= 0.3 is 0 Å². The zero-order valence-corrected chi connectivity index (χ0v) is 37.7. The molecule has 0 bridgehead atoms. The monoisotopic (exact) mass is 872 g/mol. The Balaban J connectivity index is 0.968. The Labute approximate surface area is 398 Å². The topological polar surface area (TPSA) is 51.6 Å². The summed E-state index contributed by atoms with van der Waals surface area (Å²) in [4.78, 5) is 19.2. The Kier molecular flexibility index (Phi) is 12.0. The molecular weight excluding hydrogens is 825 g/mol. The normalized spacial score (nSPS) is 11.2. The van der Waals surface area contributed by atoms with E-state index in [-0.39, 0.29) is 0 Å². The highest BCUT2D eigenvalue weighted by molar-refractivity contribution is 5.93. The summed E-state index contributed by atoms with van der Waals surface area (Å²) in [7, 11) is 0. The molecule has 0 amide bonds. The number of aryl methyl sites for hydroxylation is 4. The van der Waals surface area contributed by atoms with Crippen molar-refractivity contribution in [1.82, 2.24) is 19.9 Å². The highest BCUT2D eigenvalue weighted by Gasteiger charge is 2.17. The minimum atomic E-state index is 0.838. The summed E-state index contributed by atoms with van der Waals surface area (Å²) in [5.74, 6) is 0. The fourth-order valence-corrected chi connectivity index (χ4v) is 9.25. The molecule has 0 fully saturated rings. The van der Waals surface area contributed by atoms with E-state index in [9.17, 15) is 0 Å². The molecule has 0 N–H and O–H groups in total. The predicted octanol–water partition coefficient (Wildman–Crippen LogP) is 15.7. The van der Waals surface area contributed by atoms with Crippen LogP contribution in [0.1, 0.15) is 22.3 Å². The van der Waals surface area contributed by atoms with Gasteiger partial charge in [-0.3, -0.25) is 19.9 Å². The van der Waals surface area contributed by atoms with Gasteiger partial charge in [0, 0.05) is 46.9 Å². The second-order valence-corrected chi connectivity index (χ2v) is 17.4. The standard InChI is InChI=1S/C64H48N4/c1-2-12-49(13-3-1)50-32-34-51(35-33-50)59-42-64(63-41-54-14-4-5-15-55(54)43-67-63)68-44-60(59)58-17-7-6-16-57(58)56-39-47(22-20-45-24-28-52(29-25-45)61-18-8-10-36-65-61)38-48(40-56)23-21-46-26-30-53(31-27-46)62-19-9-11-37-66-62/h1-19,24-44H,20-23H2. The molecule has 11 rings (SSSR count). The lowest BCUT2D eigenvalue weighted by Crippen LogP contribution is -1.98. The van der Waals surface area contributed by atoms with Crippen LogP contribution < -0.4 is 0 Å². The van der Waals surface area contributed by atoms with Gasteiger partial charge in [-0.25, -0.2) is 0 Å². The molecule has 0 aliphatic rings. The molecule has 0 aliphatic carbocycles. The van der Waals surface area contributed by atoms with E-state index in [0.717, 1.165) is 92.6 Å².